The summed E-state index contributed by atoms with van der Waals surface area (Å²) in [7, 11) is 0. The number of hydrogen-bond donors (Lipinski definition) is 4. The lowest BCUT2D eigenvalue weighted by atomic mass is 9.98. The third-order valence-electron chi connectivity index (χ3n) is 5.10. The van der Waals surface area contributed by atoms with Gasteiger partial charge in [0.25, 0.3) is 0 Å². The number of para-hydroxylation sites is 1. The Kier molecular flexibility index (Phi) is 3.33. The maximum atomic E-state index is 10.6. The fraction of sp³-hybridized carbons (Fsp3) is 0. The molecule has 5 heteroatoms. The second kappa shape index (κ2) is 5.76. The van der Waals surface area contributed by atoms with Gasteiger partial charge < -0.3 is 20.4 Å². The van der Waals surface area contributed by atoms with E-state index in [0.717, 1.165) is 16.5 Å². The van der Waals surface area contributed by atoms with E-state index in [9.17, 15) is 20.4 Å². The van der Waals surface area contributed by atoms with E-state index in [1.807, 2.05) is 36.4 Å². The summed E-state index contributed by atoms with van der Waals surface area (Å²) in [6, 6.07) is 15.6. The molecule has 0 spiro atoms. The Hall–Kier alpha value is -3.99. The van der Waals surface area contributed by atoms with E-state index in [1.165, 1.54) is 18.2 Å². The molecule has 1 aromatic heterocycles. The first-order valence-electron chi connectivity index (χ1n) is 8.72. The van der Waals surface area contributed by atoms with E-state index < -0.39 is 0 Å². The lowest BCUT2D eigenvalue weighted by molar-refractivity contribution is 0.403. The molecule has 136 valence electrons. The Morgan fingerprint density at radius 1 is 0.714 bits per heavy atom. The zero-order valence-corrected chi connectivity index (χ0v) is 14.6. The fourth-order valence-electron chi connectivity index (χ4n) is 3.78. The van der Waals surface area contributed by atoms with Crippen LogP contribution in [0.3, 0.4) is 0 Å². The highest BCUT2D eigenvalue weighted by Crippen LogP contribution is 2.53. The molecular weight excluding hydrogens is 354 g/mol. The smallest absolute Gasteiger partial charge is 0.166 e. The summed E-state index contributed by atoms with van der Waals surface area (Å²) in [5.74, 6) is -0.962. The minimum atomic E-state index is -0.249. The molecule has 0 unspecified atom stereocenters. The van der Waals surface area contributed by atoms with Crippen LogP contribution < -0.4 is 0 Å². The molecule has 1 aliphatic carbocycles. The van der Waals surface area contributed by atoms with Crippen molar-refractivity contribution in [1.82, 2.24) is 4.98 Å². The van der Waals surface area contributed by atoms with Gasteiger partial charge in [-0.3, -0.25) is 4.98 Å². The minimum Gasteiger partial charge on any atom is -0.504 e. The quantitative estimate of drug-likeness (QED) is 0.323. The molecule has 0 saturated heterocycles. The predicted octanol–water partition coefficient (Wildman–Crippen LogP) is 4.63. The van der Waals surface area contributed by atoms with Crippen LogP contribution in [0.15, 0.2) is 60.8 Å². The summed E-state index contributed by atoms with van der Waals surface area (Å²) in [4.78, 5) is 4.37. The highest BCUT2D eigenvalue weighted by atomic mass is 16.3. The molecule has 0 atom stereocenters. The molecule has 5 rings (SSSR count). The molecule has 0 aliphatic heterocycles. The summed E-state index contributed by atoms with van der Waals surface area (Å²) >= 11 is 0. The van der Waals surface area contributed by atoms with Gasteiger partial charge in [0.15, 0.2) is 23.0 Å². The average Bonchev–Trinajstić information content (AvgIpc) is 2.99. The molecule has 0 fully saturated rings. The van der Waals surface area contributed by atoms with E-state index in [4.69, 9.17) is 0 Å². The van der Waals surface area contributed by atoms with Gasteiger partial charge in [-0.25, -0.2) is 0 Å². The molecule has 3 aromatic carbocycles. The van der Waals surface area contributed by atoms with Crippen molar-refractivity contribution in [2.24, 2.45) is 0 Å². The van der Waals surface area contributed by atoms with Crippen LogP contribution in [0.5, 0.6) is 23.0 Å². The Labute approximate surface area is 160 Å². The fourth-order valence-corrected chi connectivity index (χ4v) is 3.78. The number of pyridine rings is 1. The molecule has 4 N–H and O–H groups in total. The number of nitrogens with zero attached hydrogens (tertiary/aromatic N) is 1. The topological polar surface area (TPSA) is 93.8 Å². The lowest BCUT2D eigenvalue weighted by Crippen LogP contribution is -1.87. The first-order valence-corrected chi connectivity index (χ1v) is 8.72. The van der Waals surface area contributed by atoms with E-state index in [2.05, 4.69) is 4.98 Å². The summed E-state index contributed by atoms with van der Waals surface area (Å²) in [5, 5.41) is 41.5. The number of aromatic nitrogens is 1. The van der Waals surface area contributed by atoms with Gasteiger partial charge in [-0.05, 0) is 70.3 Å². The maximum absolute atomic E-state index is 10.6. The van der Waals surface area contributed by atoms with Crippen LogP contribution in [0.4, 0.5) is 0 Å². The van der Waals surface area contributed by atoms with E-state index in [-0.39, 0.29) is 23.0 Å². The minimum absolute atomic E-state index is 0.231. The number of phenolic OH excluding ortho intramolecular Hbond substituents is 4. The van der Waals surface area contributed by atoms with E-state index in [1.54, 1.807) is 12.3 Å². The van der Waals surface area contributed by atoms with Crippen LogP contribution in [-0.2, 0) is 0 Å². The van der Waals surface area contributed by atoms with Crippen LogP contribution in [0.1, 0.15) is 16.7 Å². The molecule has 0 radical (unpaired) electrons. The Morgan fingerprint density at radius 3 is 2.29 bits per heavy atom. The summed E-state index contributed by atoms with van der Waals surface area (Å²) < 4.78 is 0. The van der Waals surface area contributed by atoms with Crippen LogP contribution in [0.2, 0.25) is 0 Å². The SMILES string of the molecule is Oc1cc2c(cc1O)-c1ccc(O)c(O)c1C2=Cc1ccnc2ccccc12. The van der Waals surface area contributed by atoms with Gasteiger partial charge in [0.05, 0.1) is 5.52 Å². The molecule has 0 bridgehead atoms. The van der Waals surface area contributed by atoms with Gasteiger partial charge in [-0.2, -0.15) is 0 Å². The third-order valence-corrected chi connectivity index (χ3v) is 5.10. The van der Waals surface area contributed by atoms with Crippen molar-refractivity contribution in [3.05, 3.63) is 77.5 Å². The largest absolute Gasteiger partial charge is 0.504 e. The van der Waals surface area contributed by atoms with Gasteiger partial charge in [-0.15, -0.1) is 0 Å². The molecule has 0 saturated carbocycles. The van der Waals surface area contributed by atoms with Crippen LogP contribution >= 0.6 is 0 Å². The van der Waals surface area contributed by atoms with Gasteiger partial charge >= 0.3 is 0 Å². The lowest BCUT2D eigenvalue weighted by Gasteiger charge is -2.08. The van der Waals surface area contributed by atoms with Crippen molar-refractivity contribution >= 4 is 22.6 Å². The monoisotopic (exact) mass is 369 g/mol. The van der Waals surface area contributed by atoms with E-state index >= 15 is 0 Å². The van der Waals surface area contributed by atoms with Gasteiger partial charge in [0.1, 0.15) is 0 Å². The van der Waals surface area contributed by atoms with Crippen molar-refractivity contribution in [2.75, 3.05) is 0 Å². The normalized spacial score (nSPS) is 13.6. The maximum Gasteiger partial charge on any atom is 0.166 e. The molecule has 5 nitrogen and oxygen atoms in total. The third kappa shape index (κ3) is 2.23. The first kappa shape index (κ1) is 16.2. The zero-order chi connectivity index (χ0) is 19.4. The van der Waals surface area contributed by atoms with Crippen LogP contribution in [-0.4, -0.2) is 25.4 Å². The Balaban J connectivity index is 1.86. The van der Waals surface area contributed by atoms with Crippen molar-refractivity contribution in [1.29, 1.82) is 0 Å². The molecule has 1 heterocycles. The highest BCUT2D eigenvalue weighted by molar-refractivity contribution is 6.10. The predicted molar refractivity (Wildman–Crippen MR) is 107 cm³/mol. The summed E-state index contributed by atoms with van der Waals surface area (Å²) in [6.07, 6.45) is 3.60. The second-order valence-electron chi connectivity index (χ2n) is 6.72. The summed E-state index contributed by atoms with van der Waals surface area (Å²) in [6.45, 7) is 0. The molecule has 1 aliphatic rings. The van der Waals surface area contributed by atoms with Crippen LogP contribution in [0.25, 0.3) is 33.7 Å². The van der Waals surface area contributed by atoms with Crippen molar-refractivity contribution in [3.8, 4) is 34.1 Å². The van der Waals surface area contributed by atoms with Crippen LogP contribution in [0, 0.1) is 0 Å². The van der Waals surface area contributed by atoms with Crippen molar-refractivity contribution in [2.45, 2.75) is 0 Å². The zero-order valence-electron chi connectivity index (χ0n) is 14.6. The van der Waals surface area contributed by atoms with E-state index in [0.29, 0.717) is 27.8 Å². The number of phenols is 4. The van der Waals surface area contributed by atoms with Gasteiger partial charge in [0, 0.05) is 17.1 Å². The van der Waals surface area contributed by atoms with Crippen molar-refractivity contribution < 1.29 is 20.4 Å². The summed E-state index contributed by atoms with van der Waals surface area (Å²) in [5.41, 5.74) is 4.83. The number of hydrogen-bond acceptors (Lipinski definition) is 5. The average molecular weight is 369 g/mol. The Morgan fingerprint density at radius 2 is 1.46 bits per heavy atom. The number of aromatic hydroxyl groups is 4. The second-order valence-corrected chi connectivity index (χ2v) is 6.72. The Bertz CT molecular complexity index is 1300. The van der Waals surface area contributed by atoms with Gasteiger partial charge in [-0.1, -0.05) is 18.2 Å². The number of benzene rings is 3. The number of rotatable bonds is 1. The van der Waals surface area contributed by atoms with Gasteiger partial charge in [0.2, 0.25) is 0 Å². The van der Waals surface area contributed by atoms with Crippen molar-refractivity contribution in [3.63, 3.8) is 0 Å². The molecule has 0 amide bonds. The molecule has 4 aromatic rings. The number of fused-ring (bicyclic) bond motifs is 4. The molecular formula is C23H15NO4. The molecule has 28 heavy (non-hydrogen) atoms. The first-order chi connectivity index (χ1) is 13.5. The standard InChI is InChI=1S/C23H15NO4/c25-19-6-5-14-15-10-20(26)21(27)11-16(15)17(22(14)23(19)28)9-12-7-8-24-18-4-2-1-3-13(12)18/h1-11,25-28H. The highest BCUT2D eigenvalue weighted by Gasteiger charge is 2.29.